The summed E-state index contributed by atoms with van der Waals surface area (Å²) >= 11 is 0. The Balaban J connectivity index is 0.00000192. The summed E-state index contributed by atoms with van der Waals surface area (Å²) in [5.41, 5.74) is 8.24. The van der Waals surface area contributed by atoms with Gasteiger partial charge in [0, 0.05) is 37.9 Å². The molecule has 1 aliphatic rings. The van der Waals surface area contributed by atoms with Crippen molar-refractivity contribution in [3.8, 4) is 0 Å². The summed E-state index contributed by atoms with van der Waals surface area (Å²) in [5.74, 6) is 0.499. The standard InChI is InChI=1S/C17H22N4O.ClH/c1-20-15(7-10-19-20)13-8-11-21(12-9-13)17(22)16(18)14-5-3-2-4-6-14;/h2-7,10,13,16H,8-9,11-12,18H2,1H3;1H. The summed E-state index contributed by atoms with van der Waals surface area (Å²) in [6.45, 7) is 1.52. The predicted molar refractivity (Wildman–Crippen MR) is 92.4 cm³/mol. The third kappa shape index (κ3) is 3.74. The van der Waals surface area contributed by atoms with E-state index in [1.54, 1.807) is 0 Å². The van der Waals surface area contributed by atoms with E-state index in [0.717, 1.165) is 31.5 Å². The van der Waals surface area contributed by atoms with Crippen molar-refractivity contribution in [1.82, 2.24) is 14.7 Å². The summed E-state index contributed by atoms with van der Waals surface area (Å²) in [4.78, 5) is 14.4. The molecule has 0 spiro atoms. The number of amides is 1. The zero-order valence-electron chi connectivity index (χ0n) is 13.3. The lowest BCUT2D eigenvalue weighted by Gasteiger charge is -2.33. The molecule has 2 heterocycles. The molecule has 1 unspecified atom stereocenters. The second kappa shape index (κ2) is 7.62. The molecular formula is C17H23ClN4O. The minimum atomic E-state index is -0.561. The number of carbonyl (C=O) groups excluding carboxylic acids is 1. The number of aromatic nitrogens is 2. The molecule has 0 bridgehead atoms. The van der Waals surface area contributed by atoms with Gasteiger partial charge in [0.2, 0.25) is 5.91 Å². The second-order valence-electron chi connectivity index (χ2n) is 5.87. The van der Waals surface area contributed by atoms with Crippen LogP contribution in [-0.4, -0.2) is 33.7 Å². The highest BCUT2D eigenvalue weighted by Gasteiger charge is 2.28. The van der Waals surface area contributed by atoms with Gasteiger partial charge in [-0.25, -0.2) is 0 Å². The summed E-state index contributed by atoms with van der Waals surface area (Å²) in [7, 11) is 1.97. The van der Waals surface area contributed by atoms with Gasteiger partial charge in [-0.05, 0) is 24.5 Å². The van der Waals surface area contributed by atoms with Crippen LogP contribution in [0.2, 0.25) is 0 Å². The molecule has 1 aromatic carbocycles. The Morgan fingerprint density at radius 1 is 1.22 bits per heavy atom. The van der Waals surface area contributed by atoms with Crippen molar-refractivity contribution in [3.05, 3.63) is 53.9 Å². The molecule has 6 heteroatoms. The molecule has 0 radical (unpaired) electrons. The van der Waals surface area contributed by atoms with Gasteiger partial charge in [0.15, 0.2) is 0 Å². The molecule has 5 nitrogen and oxygen atoms in total. The Morgan fingerprint density at radius 2 is 1.87 bits per heavy atom. The Kier molecular flexibility index (Phi) is 5.80. The van der Waals surface area contributed by atoms with Crippen LogP contribution in [0, 0.1) is 0 Å². The molecule has 1 fully saturated rings. The summed E-state index contributed by atoms with van der Waals surface area (Å²) in [6.07, 6.45) is 3.76. The monoisotopic (exact) mass is 334 g/mol. The molecule has 1 aliphatic heterocycles. The number of piperidine rings is 1. The maximum atomic E-state index is 12.5. The number of carbonyl (C=O) groups is 1. The number of halogens is 1. The number of hydrogen-bond acceptors (Lipinski definition) is 3. The Hall–Kier alpha value is -1.85. The number of aryl methyl sites for hydroxylation is 1. The topological polar surface area (TPSA) is 64.2 Å². The van der Waals surface area contributed by atoms with Gasteiger partial charge < -0.3 is 10.6 Å². The van der Waals surface area contributed by atoms with Gasteiger partial charge in [-0.15, -0.1) is 12.4 Å². The van der Waals surface area contributed by atoms with Crippen molar-refractivity contribution in [3.63, 3.8) is 0 Å². The van der Waals surface area contributed by atoms with Crippen LogP contribution >= 0.6 is 12.4 Å². The highest BCUT2D eigenvalue weighted by Crippen LogP contribution is 2.28. The zero-order valence-corrected chi connectivity index (χ0v) is 14.1. The van der Waals surface area contributed by atoms with Crippen molar-refractivity contribution in [2.24, 2.45) is 12.8 Å². The summed E-state index contributed by atoms with van der Waals surface area (Å²) < 4.78 is 1.93. The van der Waals surface area contributed by atoms with Crippen LogP contribution < -0.4 is 5.73 Å². The van der Waals surface area contributed by atoms with Crippen LogP contribution in [0.3, 0.4) is 0 Å². The quantitative estimate of drug-likeness (QED) is 0.936. The van der Waals surface area contributed by atoms with Crippen molar-refractivity contribution in [1.29, 1.82) is 0 Å². The van der Waals surface area contributed by atoms with E-state index in [-0.39, 0.29) is 18.3 Å². The van der Waals surface area contributed by atoms with Gasteiger partial charge in [-0.2, -0.15) is 5.10 Å². The normalized spacial score (nSPS) is 16.7. The molecule has 0 saturated carbocycles. The minimum absolute atomic E-state index is 0. The van der Waals surface area contributed by atoms with Gasteiger partial charge in [0.25, 0.3) is 0 Å². The fourth-order valence-corrected chi connectivity index (χ4v) is 3.18. The minimum Gasteiger partial charge on any atom is -0.341 e. The maximum Gasteiger partial charge on any atom is 0.244 e. The molecule has 124 valence electrons. The van der Waals surface area contributed by atoms with Crippen LogP contribution in [0.25, 0.3) is 0 Å². The average Bonchev–Trinajstić information content (AvgIpc) is 3.00. The van der Waals surface area contributed by atoms with E-state index >= 15 is 0 Å². The van der Waals surface area contributed by atoms with E-state index in [9.17, 15) is 4.79 Å². The van der Waals surface area contributed by atoms with Crippen molar-refractivity contribution >= 4 is 18.3 Å². The smallest absolute Gasteiger partial charge is 0.244 e. The lowest BCUT2D eigenvalue weighted by atomic mass is 9.92. The number of rotatable bonds is 3. The average molecular weight is 335 g/mol. The van der Waals surface area contributed by atoms with Crippen molar-refractivity contribution in [2.75, 3.05) is 13.1 Å². The van der Waals surface area contributed by atoms with Gasteiger partial charge in [0.05, 0.1) is 0 Å². The van der Waals surface area contributed by atoms with E-state index in [4.69, 9.17) is 5.73 Å². The number of benzene rings is 1. The maximum absolute atomic E-state index is 12.5. The number of nitrogens with zero attached hydrogens (tertiary/aromatic N) is 3. The molecule has 1 aromatic heterocycles. The molecule has 1 amide bonds. The van der Waals surface area contributed by atoms with E-state index in [1.807, 2.05) is 53.2 Å². The Morgan fingerprint density at radius 3 is 2.43 bits per heavy atom. The van der Waals surface area contributed by atoms with Crippen LogP contribution in [-0.2, 0) is 11.8 Å². The molecule has 3 rings (SSSR count). The Bertz CT molecular complexity index is 635. The SMILES string of the molecule is Cl.Cn1nccc1C1CCN(C(=O)C(N)c2ccccc2)CC1. The second-order valence-corrected chi connectivity index (χ2v) is 5.87. The number of likely N-dealkylation sites (tertiary alicyclic amines) is 1. The fraction of sp³-hybridized carbons (Fsp3) is 0.412. The third-order valence-corrected chi connectivity index (χ3v) is 4.51. The van der Waals surface area contributed by atoms with E-state index in [0.29, 0.717) is 5.92 Å². The molecule has 23 heavy (non-hydrogen) atoms. The first-order valence-electron chi connectivity index (χ1n) is 7.74. The van der Waals surface area contributed by atoms with Gasteiger partial charge in [0.1, 0.15) is 6.04 Å². The summed E-state index contributed by atoms with van der Waals surface area (Å²) in [5, 5.41) is 4.23. The first-order valence-corrected chi connectivity index (χ1v) is 7.74. The highest BCUT2D eigenvalue weighted by molar-refractivity contribution is 5.85. The van der Waals surface area contributed by atoms with Gasteiger partial charge >= 0.3 is 0 Å². The van der Waals surface area contributed by atoms with Gasteiger partial charge in [-0.3, -0.25) is 9.48 Å². The summed E-state index contributed by atoms with van der Waals surface area (Å²) in [6, 6.07) is 11.1. The molecule has 1 saturated heterocycles. The van der Waals surface area contributed by atoms with Gasteiger partial charge in [-0.1, -0.05) is 30.3 Å². The van der Waals surface area contributed by atoms with Crippen LogP contribution in [0.1, 0.15) is 36.1 Å². The van der Waals surface area contributed by atoms with E-state index in [1.165, 1.54) is 5.69 Å². The Labute approximate surface area is 142 Å². The number of nitrogens with two attached hydrogens (primary N) is 1. The van der Waals surface area contributed by atoms with Crippen molar-refractivity contribution in [2.45, 2.75) is 24.8 Å². The molecule has 2 aromatic rings. The predicted octanol–water partition coefficient (Wildman–Crippen LogP) is 2.25. The first kappa shape index (κ1) is 17.5. The lowest BCUT2D eigenvalue weighted by molar-refractivity contribution is -0.133. The van der Waals surface area contributed by atoms with E-state index < -0.39 is 6.04 Å². The molecule has 2 N–H and O–H groups in total. The lowest BCUT2D eigenvalue weighted by Crippen LogP contribution is -2.43. The van der Waals surface area contributed by atoms with Crippen molar-refractivity contribution < 1.29 is 4.79 Å². The molecule has 1 atom stereocenters. The molecular weight excluding hydrogens is 312 g/mol. The van der Waals surface area contributed by atoms with E-state index in [2.05, 4.69) is 11.2 Å². The van der Waals surface area contributed by atoms with Crippen LogP contribution in [0.4, 0.5) is 0 Å². The molecule has 0 aliphatic carbocycles. The van der Waals surface area contributed by atoms with Crippen LogP contribution in [0.5, 0.6) is 0 Å². The largest absolute Gasteiger partial charge is 0.341 e. The highest BCUT2D eigenvalue weighted by atomic mass is 35.5. The van der Waals surface area contributed by atoms with Crippen LogP contribution in [0.15, 0.2) is 42.6 Å². The third-order valence-electron chi connectivity index (χ3n) is 4.51. The number of hydrogen-bond donors (Lipinski definition) is 1. The zero-order chi connectivity index (χ0) is 15.5. The first-order chi connectivity index (χ1) is 10.7. The fourth-order valence-electron chi connectivity index (χ4n) is 3.18.